The molecule has 2 heterocycles. The molecule has 0 fully saturated rings. The molecule has 0 aliphatic carbocycles. The lowest BCUT2D eigenvalue weighted by atomic mass is 10.1. The summed E-state index contributed by atoms with van der Waals surface area (Å²) in [6.45, 7) is 0. The van der Waals surface area contributed by atoms with Gasteiger partial charge in [0.25, 0.3) is 5.91 Å². The van der Waals surface area contributed by atoms with Crippen molar-refractivity contribution in [1.82, 2.24) is 4.98 Å². The average molecular weight is 330 g/mol. The molecule has 110 valence electrons. The van der Waals surface area contributed by atoms with Crippen molar-refractivity contribution in [2.45, 2.75) is 0 Å². The van der Waals surface area contributed by atoms with Gasteiger partial charge in [0.15, 0.2) is 5.13 Å². The Labute approximate surface area is 133 Å². The second-order valence-corrected chi connectivity index (χ2v) is 6.13. The van der Waals surface area contributed by atoms with Gasteiger partial charge in [0.1, 0.15) is 0 Å². The van der Waals surface area contributed by atoms with Crippen molar-refractivity contribution in [2.24, 2.45) is 0 Å². The van der Waals surface area contributed by atoms with Crippen molar-refractivity contribution in [1.29, 1.82) is 0 Å². The van der Waals surface area contributed by atoms with Crippen molar-refractivity contribution in [3.05, 3.63) is 58.3 Å². The number of thiophene rings is 1. The number of anilines is 1. The zero-order valence-electron chi connectivity index (χ0n) is 11.1. The number of aromatic carboxylic acids is 1. The van der Waals surface area contributed by atoms with Gasteiger partial charge < -0.3 is 5.11 Å². The van der Waals surface area contributed by atoms with Crippen LogP contribution in [0.5, 0.6) is 0 Å². The molecule has 2 N–H and O–H groups in total. The summed E-state index contributed by atoms with van der Waals surface area (Å²) in [7, 11) is 0. The Kier molecular flexibility index (Phi) is 3.99. The lowest BCUT2D eigenvalue weighted by Crippen LogP contribution is -2.16. The smallest absolute Gasteiger partial charge is 0.336 e. The van der Waals surface area contributed by atoms with Gasteiger partial charge in [-0.25, -0.2) is 9.78 Å². The van der Waals surface area contributed by atoms with Gasteiger partial charge in [-0.05, 0) is 23.6 Å². The number of benzene rings is 1. The number of rotatable bonds is 4. The Morgan fingerprint density at radius 2 is 1.82 bits per heavy atom. The van der Waals surface area contributed by atoms with Gasteiger partial charge in [-0.15, -0.1) is 22.7 Å². The summed E-state index contributed by atoms with van der Waals surface area (Å²) in [5.41, 5.74) is 0.875. The first-order valence-electron chi connectivity index (χ1n) is 6.28. The molecule has 1 amide bonds. The second-order valence-electron chi connectivity index (χ2n) is 4.32. The summed E-state index contributed by atoms with van der Waals surface area (Å²) in [6.07, 6.45) is 0. The van der Waals surface area contributed by atoms with Gasteiger partial charge in [-0.2, -0.15) is 0 Å². The Balaban J connectivity index is 1.82. The first-order chi connectivity index (χ1) is 10.6. The predicted octanol–water partition coefficient (Wildman–Crippen LogP) is 3.82. The molecule has 0 saturated heterocycles. The number of carboxylic acids is 1. The van der Waals surface area contributed by atoms with E-state index in [0.717, 1.165) is 10.6 Å². The van der Waals surface area contributed by atoms with Crippen LogP contribution in [0.15, 0.2) is 47.2 Å². The summed E-state index contributed by atoms with van der Waals surface area (Å²) >= 11 is 2.87. The van der Waals surface area contributed by atoms with Gasteiger partial charge in [0, 0.05) is 5.38 Å². The summed E-state index contributed by atoms with van der Waals surface area (Å²) in [4.78, 5) is 28.7. The van der Waals surface area contributed by atoms with Crippen LogP contribution in [-0.4, -0.2) is 22.0 Å². The summed E-state index contributed by atoms with van der Waals surface area (Å²) in [5.74, 6) is -1.62. The fourth-order valence-corrected chi connectivity index (χ4v) is 3.37. The Bertz CT molecular complexity index is 825. The number of aromatic nitrogens is 1. The highest BCUT2D eigenvalue weighted by Crippen LogP contribution is 2.28. The van der Waals surface area contributed by atoms with Crippen molar-refractivity contribution < 1.29 is 14.7 Å². The predicted molar refractivity (Wildman–Crippen MR) is 86.8 cm³/mol. The van der Waals surface area contributed by atoms with Crippen LogP contribution in [0.25, 0.3) is 10.6 Å². The van der Waals surface area contributed by atoms with E-state index in [0.29, 0.717) is 5.13 Å². The van der Waals surface area contributed by atoms with Crippen LogP contribution >= 0.6 is 22.7 Å². The lowest BCUT2D eigenvalue weighted by Gasteiger charge is -2.05. The summed E-state index contributed by atoms with van der Waals surface area (Å²) < 4.78 is 0. The molecular weight excluding hydrogens is 320 g/mol. The quantitative estimate of drug-likeness (QED) is 0.762. The van der Waals surface area contributed by atoms with Gasteiger partial charge in [0.2, 0.25) is 0 Å². The summed E-state index contributed by atoms with van der Waals surface area (Å²) in [6, 6.07) is 9.97. The zero-order valence-corrected chi connectivity index (χ0v) is 12.8. The van der Waals surface area contributed by atoms with Crippen LogP contribution < -0.4 is 5.32 Å². The molecule has 1 aromatic carbocycles. The van der Waals surface area contributed by atoms with E-state index in [1.807, 2.05) is 22.9 Å². The van der Waals surface area contributed by atoms with E-state index >= 15 is 0 Å². The molecule has 0 aliphatic heterocycles. The number of carbonyl (C=O) groups excluding carboxylic acids is 1. The van der Waals surface area contributed by atoms with Crippen LogP contribution in [0, 0.1) is 0 Å². The van der Waals surface area contributed by atoms with Crippen LogP contribution in [0.2, 0.25) is 0 Å². The number of hydrogen-bond acceptors (Lipinski definition) is 5. The first kappa shape index (κ1) is 14.4. The highest BCUT2D eigenvalue weighted by molar-refractivity contribution is 7.16. The Morgan fingerprint density at radius 1 is 1.05 bits per heavy atom. The molecule has 3 rings (SSSR count). The van der Waals surface area contributed by atoms with Gasteiger partial charge in [-0.1, -0.05) is 18.2 Å². The number of hydrogen-bond donors (Lipinski definition) is 2. The highest BCUT2D eigenvalue weighted by atomic mass is 32.1. The van der Waals surface area contributed by atoms with E-state index in [2.05, 4.69) is 10.3 Å². The van der Waals surface area contributed by atoms with Crippen LogP contribution in [0.4, 0.5) is 5.13 Å². The molecule has 7 heteroatoms. The fourth-order valence-electron chi connectivity index (χ4n) is 1.90. The molecule has 0 radical (unpaired) electrons. The van der Waals surface area contributed by atoms with Crippen molar-refractivity contribution in [3.8, 4) is 10.6 Å². The Hall–Kier alpha value is -2.51. The minimum Gasteiger partial charge on any atom is -0.478 e. The summed E-state index contributed by atoms with van der Waals surface area (Å²) in [5, 5.41) is 16.0. The maximum absolute atomic E-state index is 12.2. The van der Waals surface area contributed by atoms with E-state index in [9.17, 15) is 9.59 Å². The fraction of sp³-hybridized carbons (Fsp3) is 0. The zero-order chi connectivity index (χ0) is 15.5. The third kappa shape index (κ3) is 2.90. The second kappa shape index (κ2) is 6.08. The van der Waals surface area contributed by atoms with Gasteiger partial charge >= 0.3 is 5.97 Å². The van der Waals surface area contributed by atoms with E-state index in [4.69, 9.17) is 5.11 Å². The van der Waals surface area contributed by atoms with Crippen LogP contribution in [0.1, 0.15) is 20.7 Å². The van der Waals surface area contributed by atoms with E-state index in [1.165, 1.54) is 23.5 Å². The maximum atomic E-state index is 12.2. The van der Waals surface area contributed by atoms with E-state index in [1.54, 1.807) is 23.5 Å². The van der Waals surface area contributed by atoms with Crippen molar-refractivity contribution >= 4 is 39.7 Å². The molecule has 0 saturated carbocycles. The normalized spacial score (nSPS) is 10.4. The van der Waals surface area contributed by atoms with Crippen LogP contribution in [-0.2, 0) is 0 Å². The minimum atomic E-state index is -1.14. The molecule has 0 atom stereocenters. The first-order valence-corrected chi connectivity index (χ1v) is 8.04. The molecule has 2 aromatic heterocycles. The maximum Gasteiger partial charge on any atom is 0.336 e. The monoisotopic (exact) mass is 330 g/mol. The molecule has 0 aliphatic rings. The van der Waals surface area contributed by atoms with E-state index in [-0.39, 0.29) is 11.1 Å². The third-order valence-electron chi connectivity index (χ3n) is 2.90. The topological polar surface area (TPSA) is 79.3 Å². The number of nitrogens with one attached hydrogen (secondary N) is 1. The number of nitrogens with zero attached hydrogens (tertiary/aromatic N) is 1. The number of amides is 1. The molecule has 5 nitrogen and oxygen atoms in total. The SMILES string of the molecule is O=C(O)c1ccccc1C(=O)Nc1nc(-c2cccs2)cs1. The van der Waals surface area contributed by atoms with Crippen molar-refractivity contribution in [3.63, 3.8) is 0 Å². The largest absolute Gasteiger partial charge is 0.478 e. The minimum absolute atomic E-state index is 0.0324. The average Bonchev–Trinajstić information content (AvgIpc) is 3.17. The molecule has 3 aromatic rings. The number of carbonyl (C=O) groups is 2. The number of thiazole rings is 1. The number of carboxylic acid groups (broad SMARTS) is 1. The van der Waals surface area contributed by atoms with E-state index < -0.39 is 11.9 Å². The lowest BCUT2D eigenvalue weighted by molar-refractivity contribution is 0.0692. The van der Waals surface area contributed by atoms with Crippen molar-refractivity contribution in [2.75, 3.05) is 5.32 Å². The van der Waals surface area contributed by atoms with Gasteiger partial charge in [0.05, 0.1) is 21.7 Å². The Morgan fingerprint density at radius 3 is 2.50 bits per heavy atom. The van der Waals surface area contributed by atoms with Gasteiger partial charge in [-0.3, -0.25) is 10.1 Å². The molecular formula is C15H10N2O3S2. The third-order valence-corrected chi connectivity index (χ3v) is 4.55. The van der Waals surface area contributed by atoms with Crippen LogP contribution in [0.3, 0.4) is 0 Å². The molecule has 0 unspecified atom stereocenters. The highest BCUT2D eigenvalue weighted by Gasteiger charge is 2.17. The molecule has 0 bridgehead atoms. The standard InChI is InChI=1S/C15H10N2O3S2/c18-13(9-4-1-2-5-10(9)14(19)20)17-15-16-11(8-22-15)12-6-3-7-21-12/h1-8H,(H,19,20)(H,16,17,18). The molecule has 0 spiro atoms. The molecule has 22 heavy (non-hydrogen) atoms.